The van der Waals surface area contributed by atoms with E-state index >= 15 is 0 Å². The van der Waals surface area contributed by atoms with Gasteiger partial charge in [0, 0.05) is 0 Å². The minimum absolute atomic E-state index is 0.702. The molecule has 41 heavy (non-hydrogen) atoms. The number of hydrogen-bond donors (Lipinski definition) is 0. The minimum atomic E-state index is -3.03. The van der Waals surface area contributed by atoms with Gasteiger partial charge in [0.25, 0.3) is 0 Å². The fourth-order valence-corrected chi connectivity index (χ4v) is 42.4. The van der Waals surface area contributed by atoms with Crippen LogP contribution in [0.2, 0.25) is 21.4 Å². The van der Waals surface area contributed by atoms with E-state index in [0.717, 1.165) is 5.54 Å². The molecule has 0 spiro atoms. The normalized spacial score (nSPS) is 25.9. The third-order valence-corrected chi connectivity index (χ3v) is 34.1. The van der Waals surface area contributed by atoms with E-state index in [1.807, 2.05) is 10.4 Å². The maximum atomic E-state index is 2.83. The molecule has 2 heteroatoms. The van der Waals surface area contributed by atoms with Crippen molar-refractivity contribution < 1.29 is 20.0 Å². The molecule has 1 aliphatic heterocycles. The summed E-state index contributed by atoms with van der Waals surface area (Å²) >= 11 is -3.03. The number of fused-ring (bicyclic) bond motifs is 6. The molecule has 8 rings (SSSR count). The molecular weight excluding hydrogens is 675 g/mol. The number of benzene rings is 4. The van der Waals surface area contributed by atoms with Crippen LogP contribution in [0.15, 0.2) is 107 Å². The summed E-state index contributed by atoms with van der Waals surface area (Å²) in [6.45, 7) is 2.83. The average Bonchev–Trinajstić information content (AvgIpc) is 3.63. The van der Waals surface area contributed by atoms with Crippen LogP contribution in [0.4, 0.5) is 0 Å². The fourth-order valence-electron chi connectivity index (χ4n) is 9.53. The molecule has 2 fully saturated rings. The van der Waals surface area contributed by atoms with Crippen molar-refractivity contribution in [3.63, 3.8) is 0 Å². The second-order valence-corrected chi connectivity index (χ2v) is 35.4. The molecule has 4 aliphatic rings. The molecule has 0 N–H and O–H groups in total. The van der Waals surface area contributed by atoms with Crippen molar-refractivity contribution in [1.82, 2.24) is 0 Å². The molecule has 0 nitrogen and oxygen atoms in total. The molecule has 4 aromatic rings. The van der Waals surface area contributed by atoms with Gasteiger partial charge >= 0.3 is 253 Å². The van der Waals surface area contributed by atoms with Gasteiger partial charge in [0.2, 0.25) is 0 Å². The van der Waals surface area contributed by atoms with Crippen LogP contribution in [0.3, 0.4) is 0 Å². The van der Waals surface area contributed by atoms with Gasteiger partial charge in [0.1, 0.15) is 0 Å². The predicted molar refractivity (Wildman–Crippen MR) is 175 cm³/mol. The summed E-state index contributed by atoms with van der Waals surface area (Å²) in [6.07, 6.45) is 12.7. The Balaban J connectivity index is 1.38. The Labute approximate surface area is 251 Å². The Hall–Kier alpha value is -2.55. The predicted octanol–water partition coefficient (Wildman–Crippen LogP) is 11.4. The molecule has 0 amide bonds. The molecule has 2 unspecified atom stereocenters. The average molecular weight is 715 g/mol. The van der Waals surface area contributed by atoms with E-state index in [-0.39, 0.29) is 0 Å². The van der Waals surface area contributed by atoms with Crippen LogP contribution in [0.1, 0.15) is 61.7 Å². The first-order chi connectivity index (χ1) is 20.0. The van der Waals surface area contributed by atoms with Gasteiger partial charge in [-0.15, -0.1) is 0 Å². The summed E-state index contributed by atoms with van der Waals surface area (Å²) in [5.74, 6) is 0. The molecule has 3 aliphatic carbocycles. The van der Waals surface area contributed by atoms with Crippen LogP contribution in [0.5, 0.6) is 0 Å². The summed E-state index contributed by atoms with van der Waals surface area (Å²) in [4.78, 5) is 0. The van der Waals surface area contributed by atoms with Crippen LogP contribution in [-0.4, -0.2) is 8.07 Å². The van der Waals surface area contributed by atoms with Crippen molar-refractivity contribution in [2.24, 2.45) is 0 Å². The van der Waals surface area contributed by atoms with E-state index < -0.39 is 28.0 Å². The van der Waals surface area contributed by atoms with Gasteiger partial charge in [0.15, 0.2) is 0 Å². The zero-order valence-electron chi connectivity index (χ0n) is 24.7. The van der Waals surface area contributed by atoms with Crippen molar-refractivity contribution >= 4 is 20.2 Å². The van der Waals surface area contributed by atoms with Crippen LogP contribution in [0, 0.1) is 0 Å². The Morgan fingerprint density at radius 3 is 1.49 bits per heavy atom. The van der Waals surface area contributed by atoms with Crippen molar-refractivity contribution in [3.05, 3.63) is 130 Å². The summed E-state index contributed by atoms with van der Waals surface area (Å²) in [5, 5.41) is 3.84. The van der Waals surface area contributed by atoms with Crippen LogP contribution < -0.4 is 0 Å². The molecular formula is C39H40HfSi. The molecule has 0 aromatic heterocycles. The summed E-state index contributed by atoms with van der Waals surface area (Å²) in [5.41, 5.74) is 13.0. The summed E-state index contributed by atoms with van der Waals surface area (Å²) in [6, 6.07) is 36.9. The second-order valence-electron chi connectivity index (χ2n) is 13.8. The van der Waals surface area contributed by atoms with E-state index in [1.54, 1.807) is 22.3 Å². The van der Waals surface area contributed by atoms with E-state index in [2.05, 4.69) is 125 Å². The standard InChI is InChI=1S/C37H34Si.2CH3.Hf/c1-38(31-19-9-4-10-20-31,32-23-29-17-11-21-34(36(29)25-32)27-13-5-2-6-14-27)33-24-30-18-12-22-35(37(30)26-33)28-15-7-3-8-16-28;;;/h2-3,5-8,11-18,21-26,31H,4,9-10,19-20H2,1H3;2*1H3;. The van der Waals surface area contributed by atoms with Crippen molar-refractivity contribution in [3.8, 4) is 22.3 Å². The third kappa shape index (κ3) is 3.79. The first kappa shape index (κ1) is 26.1. The molecule has 1 heterocycles. The number of rotatable bonds is 3. The van der Waals surface area contributed by atoms with Gasteiger partial charge in [-0.1, -0.05) is 0 Å². The summed E-state index contributed by atoms with van der Waals surface area (Å²) < 4.78 is 7.03. The topological polar surface area (TPSA) is 0 Å². The van der Waals surface area contributed by atoms with Gasteiger partial charge in [-0.25, -0.2) is 0 Å². The van der Waals surface area contributed by atoms with Crippen LogP contribution in [-0.2, 0) is 20.0 Å². The first-order valence-electron chi connectivity index (χ1n) is 15.8. The second kappa shape index (κ2) is 9.74. The van der Waals surface area contributed by atoms with Gasteiger partial charge in [-0.3, -0.25) is 0 Å². The monoisotopic (exact) mass is 716 g/mol. The third-order valence-electron chi connectivity index (χ3n) is 11.4. The summed E-state index contributed by atoms with van der Waals surface area (Å²) in [7, 11) is -1.95. The van der Waals surface area contributed by atoms with Gasteiger partial charge in [-0.05, 0) is 0 Å². The van der Waals surface area contributed by atoms with E-state index in [1.165, 1.54) is 54.4 Å². The van der Waals surface area contributed by atoms with Crippen molar-refractivity contribution in [2.75, 3.05) is 0 Å². The number of allylic oxidation sites excluding steroid dienone is 2. The quantitative estimate of drug-likeness (QED) is 0.185. The Kier molecular flexibility index (Phi) is 6.20. The Morgan fingerprint density at radius 2 is 1.02 bits per heavy atom. The van der Waals surface area contributed by atoms with Crippen molar-refractivity contribution in [2.45, 2.75) is 60.9 Å². The molecule has 0 bridgehead atoms. The number of hydrogen-bond acceptors (Lipinski definition) is 0. The molecule has 1 saturated heterocycles. The zero-order chi connectivity index (χ0) is 27.8. The van der Waals surface area contributed by atoms with Gasteiger partial charge in [-0.2, -0.15) is 0 Å². The SMILES string of the molecule is C[Si]1(C2CCCCC2)C2=Cc3c(-c4ccccc4)cccc3[CH]2[Hf]([CH3])([CH3])[CH]2C1=Cc1c(-c3ccccc3)cccc12. The van der Waals surface area contributed by atoms with E-state index in [0.29, 0.717) is 7.35 Å². The van der Waals surface area contributed by atoms with E-state index in [4.69, 9.17) is 0 Å². The van der Waals surface area contributed by atoms with Gasteiger partial charge in [0.05, 0.1) is 0 Å². The Bertz CT molecular complexity index is 1590. The molecule has 0 radical (unpaired) electrons. The van der Waals surface area contributed by atoms with Crippen molar-refractivity contribution in [1.29, 1.82) is 0 Å². The fraction of sp³-hybridized carbons (Fsp3) is 0.282. The van der Waals surface area contributed by atoms with E-state index in [9.17, 15) is 0 Å². The molecule has 204 valence electrons. The molecule has 2 atom stereocenters. The molecule has 4 aromatic carbocycles. The maximum absolute atomic E-state index is 3.03. The zero-order valence-corrected chi connectivity index (χ0v) is 29.3. The van der Waals surface area contributed by atoms with Gasteiger partial charge < -0.3 is 0 Å². The van der Waals surface area contributed by atoms with Crippen LogP contribution in [0.25, 0.3) is 34.4 Å². The Morgan fingerprint density at radius 1 is 0.561 bits per heavy atom. The van der Waals surface area contributed by atoms with Crippen LogP contribution >= 0.6 is 0 Å². The molecule has 1 saturated carbocycles. The first-order valence-corrected chi connectivity index (χ1v) is 29.7.